The van der Waals surface area contributed by atoms with Gasteiger partial charge in [0.1, 0.15) is 5.82 Å². The molecule has 1 saturated carbocycles. The summed E-state index contributed by atoms with van der Waals surface area (Å²) in [5, 5.41) is 5.55. The third kappa shape index (κ3) is 3.00. The van der Waals surface area contributed by atoms with Crippen molar-refractivity contribution in [3.05, 3.63) is 42.6 Å². The number of fused-ring (bicyclic) bond motifs is 1. The topological polar surface area (TPSA) is 53.9 Å². The molecule has 2 aromatic heterocycles. The summed E-state index contributed by atoms with van der Waals surface area (Å²) in [6, 6.07) is 5.11. The quantitative estimate of drug-likeness (QED) is 0.773. The third-order valence-electron chi connectivity index (χ3n) is 5.42. The number of carbonyl (C=O) groups is 1. The van der Waals surface area contributed by atoms with Gasteiger partial charge in [0.15, 0.2) is 0 Å². The molecule has 26 heavy (non-hydrogen) atoms. The average Bonchev–Trinajstić information content (AvgIpc) is 3.27. The molecule has 0 radical (unpaired) electrons. The summed E-state index contributed by atoms with van der Waals surface area (Å²) in [6.07, 6.45) is 9.56. The van der Waals surface area contributed by atoms with E-state index in [4.69, 9.17) is 0 Å². The second-order valence-corrected chi connectivity index (χ2v) is 7.34. The van der Waals surface area contributed by atoms with Crippen LogP contribution in [0.5, 0.6) is 0 Å². The molecular formula is C20H23FN4O. The van der Waals surface area contributed by atoms with Gasteiger partial charge < -0.3 is 9.88 Å². The van der Waals surface area contributed by atoms with E-state index >= 15 is 0 Å². The zero-order chi connectivity index (χ0) is 18.3. The van der Waals surface area contributed by atoms with E-state index in [-0.39, 0.29) is 17.6 Å². The Morgan fingerprint density at radius 1 is 1.27 bits per heavy atom. The molecule has 6 heteroatoms. The lowest BCUT2D eigenvalue weighted by atomic mass is 9.85. The van der Waals surface area contributed by atoms with Gasteiger partial charge in [0.05, 0.1) is 12.2 Å². The number of rotatable bonds is 3. The van der Waals surface area contributed by atoms with Crippen molar-refractivity contribution in [2.24, 2.45) is 5.92 Å². The predicted molar refractivity (Wildman–Crippen MR) is 99.2 cm³/mol. The Morgan fingerprint density at radius 2 is 2.04 bits per heavy atom. The van der Waals surface area contributed by atoms with Crippen molar-refractivity contribution < 1.29 is 9.18 Å². The molecule has 0 spiro atoms. The molecule has 4 rings (SSSR count). The number of hydrogen-bond donors (Lipinski definition) is 1. The van der Waals surface area contributed by atoms with Gasteiger partial charge in [0, 0.05) is 54.4 Å². The maximum atomic E-state index is 13.4. The van der Waals surface area contributed by atoms with E-state index in [9.17, 15) is 9.18 Å². The maximum absolute atomic E-state index is 13.4. The number of aromatic amines is 1. The van der Waals surface area contributed by atoms with Gasteiger partial charge in [-0.05, 0) is 43.9 Å². The van der Waals surface area contributed by atoms with Crippen molar-refractivity contribution >= 4 is 16.8 Å². The standard InChI is InChI=1S/C20H23FN4O/c1-24(2)20(26)13-3-6-16(7-4-13)25-12-14(10-23-25)18-11-22-19-9-15(21)5-8-17(18)19/h5,8-13,16,22H,3-4,6-7H2,1-2H3/t13-,16-. The van der Waals surface area contributed by atoms with Crippen LogP contribution in [0.3, 0.4) is 0 Å². The van der Waals surface area contributed by atoms with Gasteiger partial charge in [0.2, 0.25) is 5.91 Å². The van der Waals surface area contributed by atoms with E-state index in [0.717, 1.165) is 47.7 Å². The summed E-state index contributed by atoms with van der Waals surface area (Å²) >= 11 is 0. The Hall–Kier alpha value is -2.63. The third-order valence-corrected chi connectivity index (χ3v) is 5.42. The molecule has 0 saturated heterocycles. The molecule has 2 heterocycles. The van der Waals surface area contributed by atoms with Crippen LogP contribution in [0.15, 0.2) is 36.8 Å². The second-order valence-electron chi connectivity index (χ2n) is 7.34. The van der Waals surface area contributed by atoms with Crippen LogP contribution in [-0.4, -0.2) is 39.7 Å². The van der Waals surface area contributed by atoms with Gasteiger partial charge in [-0.2, -0.15) is 5.10 Å². The minimum atomic E-state index is -0.245. The molecule has 0 unspecified atom stereocenters. The lowest BCUT2D eigenvalue weighted by molar-refractivity contribution is -0.134. The molecule has 0 atom stereocenters. The summed E-state index contributed by atoms with van der Waals surface area (Å²) in [6.45, 7) is 0. The van der Waals surface area contributed by atoms with Crippen molar-refractivity contribution in [3.63, 3.8) is 0 Å². The number of amides is 1. The van der Waals surface area contributed by atoms with Crippen molar-refractivity contribution in [3.8, 4) is 11.1 Å². The van der Waals surface area contributed by atoms with Crippen molar-refractivity contribution in [1.29, 1.82) is 0 Å². The molecule has 3 aromatic rings. The zero-order valence-corrected chi connectivity index (χ0v) is 15.1. The SMILES string of the molecule is CN(C)C(=O)[C@H]1CC[C@H](n2cc(-c3c[nH]c4cc(F)ccc34)cn2)CC1. The van der Waals surface area contributed by atoms with Crippen LogP contribution in [0.2, 0.25) is 0 Å². The highest BCUT2D eigenvalue weighted by Crippen LogP contribution is 2.34. The van der Waals surface area contributed by atoms with Crippen LogP contribution >= 0.6 is 0 Å². The van der Waals surface area contributed by atoms with E-state index in [1.807, 2.05) is 31.2 Å². The highest BCUT2D eigenvalue weighted by Gasteiger charge is 2.28. The van der Waals surface area contributed by atoms with E-state index in [0.29, 0.717) is 6.04 Å². The lowest BCUT2D eigenvalue weighted by Crippen LogP contribution is -2.32. The molecule has 1 fully saturated rings. The Morgan fingerprint density at radius 3 is 2.77 bits per heavy atom. The van der Waals surface area contributed by atoms with Crippen molar-refractivity contribution in [2.75, 3.05) is 14.1 Å². The molecule has 0 bridgehead atoms. The summed E-state index contributed by atoms with van der Waals surface area (Å²) in [5.74, 6) is 0.126. The molecule has 5 nitrogen and oxygen atoms in total. The first-order chi connectivity index (χ1) is 12.5. The first-order valence-electron chi connectivity index (χ1n) is 9.05. The highest BCUT2D eigenvalue weighted by molar-refractivity contribution is 5.95. The Balaban J connectivity index is 1.51. The number of nitrogens with zero attached hydrogens (tertiary/aromatic N) is 3. The van der Waals surface area contributed by atoms with Gasteiger partial charge in [-0.1, -0.05) is 0 Å². The number of carbonyl (C=O) groups excluding carboxylic acids is 1. The predicted octanol–water partition coefficient (Wildman–Crippen LogP) is 3.99. The van der Waals surface area contributed by atoms with Crippen molar-refractivity contribution in [2.45, 2.75) is 31.7 Å². The normalized spacial score (nSPS) is 20.4. The zero-order valence-electron chi connectivity index (χ0n) is 15.1. The average molecular weight is 354 g/mol. The molecule has 1 amide bonds. The second kappa shape index (κ2) is 6.59. The monoisotopic (exact) mass is 354 g/mol. The molecule has 1 aliphatic rings. The Bertz CT molecular complexity index is 934. The number of hydrogen-bond acceptors (Lipinski definition) is 2. The van der Waals surface area contributed by atoms with E-state index in [1.54, 1.807) is 11.0 Å². The van der Waals surface area contributed by atoms with Gasteiger partial charge in [-0.15, -0.1) is 0 Å². The number of benzene rings is 1. The highest BCUT2D eigenvalue weighted by atomic mass is 19.1. The minimum Gasteiger partial charge on any atom is -0.360 e. The maximum Gasteiger partial charge on any atom is 0.225 e. The number of aromatic nitrogens is 3. The van der Waals surface area contributed by atoms with Crippen LogP contribution in [0.1, 0.15) is 31.7 Å². The van der Waals surface area contributed by atoms with Gasteiger partial charge in [0.25, 0.3) is 0 Å². The largest absolute Gasteiger partial charge is 0.360 e. The molecule has 136 valence electrons. The molecule has 0 aliphatic heterocycles. The van der Waals surface area contributed by atoms with E-state index < -0.39 is 0 Å². The van der Waals surface area contributed by atoms with Crippen LogP contribution in [-0.2, 0) is 4.79 Å². The summed E-state index contributed by atoms with van der Waals surface area (Å²) in [7, 11) is 3.64. The summed E-state index contributed by atoms with van der Waals surface area (Å²) < 4.78 is 15.4. The molecule has 1 aliphatic carbocycles. The first-order valence-corrected chi connectivity index (χ1v) is 9.05. The number of nitrogens with one attached hydrogen (secondary N) is 1. The number of H-pyrrole nitrogens is 1. The molecular weight excluding hydrogens is 331 g/mol. The van der Waals surface area contributed by atoms with E-state index in [1.165, 1.54) is 12.1 Å². The molecule has 1 N–H and O–H groups in total. The summed E-state index contributed by atoms with van der Waals surface area (Å²) in [5.41, 5.74) is 2.84. The fraction of sp³-hybridized carbons (Fsp3) is 0.400. The summed E-state index contributed by atoms with van der Waals surface area (Å²) in [4.78, 5) is 16.9. The van der Waals surface area contributed by atoms with Crippen LogP contribution in [0, 0.1) is 11.7 Å². The fourth-order valence-electron chi connectivity index (χ4n) is 3.97. The van der Waals surface area contributed by atoms with Crippen LogP contribution < -0.4 is 0 Å². The van der Waals surface area contributed by atoms with Gasteiger partial charge in [-0.3, -0.25) is 9.48 Å². The minimum absolute atomic E-state index is 0.139. The first kappa shape index (κ1) is 16.8. The molecule has 1 aromatic carbocycles. The number of halogens is 1. The van der Waals surface area contributed by atoms with E-state index in [2.05, 4.69) is 16.3 Å². The fourth-order valence-corrected chi connectivity index (χ4v) is 3.97. The lowest BCUT2D eigenvalue weighted by Gasteiger charge is -2.29. The van der Waals surface area contributed by atoms with Crippen molar-refractivity contribution in [1.82, 2.24) is 19.7 Å². The van der Waals surface area contributed by atoms with Gasteiger partial charge >= 0.3 is 0 Å². The van der Waals surface area contributed by atoms with Crippen LogP contribution in [0.25, 0.3) is 22.0 Å². The van der Waals surface area contributed by atoms with Crippen LogP contribution in [0.4, 0.5) is 4.39 Å². The Kier molecular flexibility index (Phi) is 4.26. The smallest absolute Gasteiger partial charge is 0.225 e. The van der Waals surface area contributed by atoms with Gasteiger partial charge in [-0.25, -0.2) is 4.39 Å². The Labute approximate surface area is 151 Å².